The highest BCUT2D eigenvalue weighted by Gasteiger charge is 2.13. The van der Waals surface area contributed by atoms with Gasteiger partial charge in [-0.25, -0.2) is 0 Å². The monoisotopic (exact) mass is 169 g/mol. The van der Waals surface area contributed by atoms with Crippen molar-refractivity contribution in [3.63, 3.8) is 0 Å². The van der Waals surface area contributed by atoms with Crippen LogP contribution in [0.15, 0.2) is 10.7 Å². The Morgan fingerprint density at radius 2 is 2.42 bits per heavy atom. The van der Waals surface area contributed by atoms with Crippen LogP contribution in [0, 0.1) is 0 Å². The van der Waals surface area contributed by atoms with E-state index in [2.05, 4.69) is 5.16 Å². The van der Waals surface area contributed by atoms with E-state index in [0.717, 1.165) is 0 Å². The largest absolute Gasteiger partial charge is 0.365 e. The summed E-state index contributed by atoms with van der Waals surface area (Å²) < 4.78 is 4.84. The molecule has 1 heterocycles. The van der Waals surface area contributed by atoms with Crippen LogP contribution in [0.25, 0.3) is 0 Å². The van der Waals surface area contributed by atoms with Gasteiger partial charge in [0.2, 0.25) is 0 Å². The number of carbonyl (C=O) groups excluding carboxylic acids is 1. The molecule has 12 heavy (non-hydrogen) atoms. The summed E-state index contributed by atoms with van der Waals surface area (Å²) in [6.07, 6.45) is 1.33. The van der Waals surface area contributed by atoms with Crippen molar-refractivity contribution in [1.29, 1.82) is 0 Å². The maximum atomic E-state index is 10.8. The number of carbonyl (C=O) groups is 1. The maximum Gasteiger partial charge on any atom is 0.253 e. The molecular weight excluding hydrogens is 158 g/mol. The van der Waals surface area contributed by atoms with Crippen molar-refractivity contribution in [3.8, 4) is 0 Å². The predicted octanol–water partition coefficient (Wildman–Crippen LogP) is -0.165. The summed E-state index contributed by atoms with van der Waals surface area (Å²) in [6, 6.07) is 0. The SMILES string of the molecule is CN(C)Cc1oncc1C(N)=O. The van der Waals surface area contributed by atoms with E-state index in [-0.39, 0.29) is 0 Å². The number of hydrogen-bond acceptors (Lipinski definition) is 4. The number of nitrogens with two attached hydrogens (primary N) is 1. The topological polar surface area (TPSA) is 72.4 Å². The van der Waals surface area contributed by atoms with E-state index in [1.54, 1.807) is 0 Å². The van der Waals surface area contributed by atoms with Gasteiger partial charge in [0.05, 0.1) is 12.7 Å². The lowest BCUT2D eigenvalue weighted by atomic mass is 10.2. The molecule has 0 aliphatic carbocycles. The van der Waals surface area contributed by atoms with E-state index < -0.39 is 5.91 Å². The Labute approximate surface area is 70.1 Å². The standard InChI is InChI=1S/C7H11N3O2/c1-10(2)4-6-5(7(8)11)3-9-12-6/h3H,4H2,1-2H3,(H2,8,11). The summed E-state index contributed by atoms with van der Waals surface area (Å²) in [5, 5.41) is 3.49. The van der Waals surface area contributed by atoms with E-state index in [4.69, 9.17) is 10.3 Å². The van der Waals surface area contributed by atoms with Crippen LogP contribution in [0.4, 0.5) is 0 Å². The molecule has 0 radical (unpaired) electrons. The molecule has 1 aromatic heterocycles. The quantitative estimate of drug-likeness (QED) is 0.682. The van der Waals surface area contributed by atoms with Crippen molar-refractivity contribution >= 4 is 5.91 Å². The Balaban J connectivity index is 2.84. The molecule has 0 saturated carbocycles. The fraction of sp³-hybridized carbons (Fsp3) is 0.429. The predicted molar refractivity (Wildman–Crippen MR) is 42.4 cm³/mol. The molecule has 0 fully saturated rings. The first-order chi connectivity index (χ1) is 5.61. The molecule has 5 heteroatoms. The molecule has 1 rings (SSSR count). The zero-order chi connectivity index (χ0) is 9.14. The zero-order valence-electron chi connectivity index (χ0n) is 7.07. The molecule has 2 N–H and O–H groups in total. The van der Waals surface area contributed by atoms with Crippen LogP contribution >= 0.6 is 0 Å². The Kier molecular flexibility index (Phi) is 2.44. The van der Waals surface area contributed by atoms with Gasteiger partial charge in [0.15, 0.2) is 5.76 Å². The van der Waals surface area contributed by atoms with Crippen molar-refractivity contribution in [1.82, 2.24) is 10.1 Å². The Morgan fingerprint density at radius 1 is 1.75 bits per heavy atom. The van der Waals surface area contributed by atoms with Gasteiger partial charge in [0, 0.05) is 0 Å². The Hall–Kier alpha value is -1.36. The van der Waals surface area contributed by atoms with Gasteiger partial charge in [-0.3, -0.25) is 4.79 Å². The Morgan fingerprint density at radius 3 is 2.92 bits per heavy atom. The normalized spacial score (nSPS) is 10.6. The third-order valence-electron chi connectivity index (χ3n) is 1.37. The summed E-state index contributed by atoms with van der Waals surface area (Å²) in [4.78, 5) is 12.6. The second-order valence-electron chi connectivity index (χ2n) is 2.76. The van der Waals surface area contributed by atoms with Crippen LogP contribution in [0.1, 0.15) is 16.1 Å². The van der Waals surface area contributed by atoms with E-state index in [9.17, 15) is 4.79 Å². The van der Waals surface area contributed by atoms with Gasteiger partial charge in [-0.2, -0.15) is 0 Å². The fourth-order valence-corrected chi connectivity index (χ4v) is 0.866. The third-order valence-corrected chi connectivity index (χ3v) is 1.37. The second-order valence-corrected chi connectivity index (χ2v) is 2.76. The van der Waals surface area contributed by atoms with Gasteiger partial charge in [-0.05, 0) is 14.1 Å². The number of nitrogens with zero attached hydrogens (tertiary/aromatic N) is 2. The third kappa shape index (κ3) is 1.82. The van der Waals surface area contributed by atoms with Crippen molar-refractivity contribution in [3.05, 3.63) is 17.5 Å². The molecular formula is C7H11N3O2. The van der Waals surface area contributed by atoms with Crippen molar-refractivity contribution < 1.29 is 9.32 Å². The summed E-state index contributed by atoms with van der Waals surface area (Å²) >= 11 is 0. The highest BCUT2D eigenvalue weighted by atomic mass is 16.5. The molecule has 1 aromatic rings. The number of hydrogen-bond donors (Lipinski definition) is 1. The fourth-order valence-electron chi connectivity index (χ4n) is 0.866. The average Bonchev–Trinajstić information content (AvgIpc) is 2.33. The summed E-state index contributed by atoms with van der Waals surface area (Å²) in [6.45, 7) is 0.526. The molecule has 1 amide bonds. The van der Waals surface area contributed by atoms with Crippen LogP contribution in [0.5, 0.6) is 0 Å². The van der Waals surface area contributed by atoms with Gasteiger partial charge < -0.3 is 15.2 Å². The first kappa shape index (κ1) is 8.73. The van der Waals surface area contributed by atoms with E-state index in [1.807, 2.05) is 19.0 Å². The lowest BCUT2D eigenvalue weighted by Crippen LogP contribution is -2.16. The minimum absolute atomic E-state index is 0.351. The van der Waals surface area contributed by atoms with E-state index >= 15 is 0 Å². The molecule has 66 valence electrons. The van der Waals surface area contributed by atoms with Crippen molar-refractivity contribution in [2.75, 3.05) is 14.1 Å². The molecule has 0 spiro atoms. The van der Waals surface area contributed by atoms with Crippen molar-refractivity contribution in [2.24, 2.45) is 5.73 Å². The Bertz CT molecular complexity index is 280. The van der Waals surface area contributed by atoms with Crippen LogP contribution < -0.4 is 5.73 Å². The molecule has 0 bridgehead atoms. The van der Waals surface area contributed by atoms with Crippen LogP contribution in [-0.2, 0) is 6.54 Å². The maximum absolute atomic E-state index is 10.8. The molecule has 0 aliphatic rings. The first-order valence-corrected chi connectivity index (χ1v) is 3.49. The first-order valence-electron chi connectivity index (χ1n) is 3.49. The van der Waals surface area contributed by atoms with Crippen LogP contribution in [-0.4, -0.2) is 30.1 Å². The number of amides is 1. The summed E-state index contributed by atoms with van der Waals surface area (Å²) in [7, 11) is 3.74. The van der Waals surface area contributed by atoms with E-state index in [0.29, 0.717) is 17.9 Å². The van der Waals surface area contributed by atoms with Gasteiger partial charge in [0.25, 0.3) is 5.91 Å². The average molecular weight is 169 g/mol. The molecule has 0 unspecified atom stereocenters. The number of aromatic nitrogens is 1. The molecule has 0 saturated heterocycles. The lowest BCUT2D eigenvalue weighted by molar-refractivity contribution is 0.0997. The van der Waals surface area contributed by atoms with Gasteiger partial charge in [0.1, 0.15) is 5.56 Å². The van der Waals surface area contributed by atoms with Crippen LogP contribution in [0.3, 0.4) is 0 Å². The highest BCUT2D eigenvalue weighted by molar-refractivity contribution is 5.93. The molecule has 0 aromatic carbocycles. The minimum atomic E-state index is -0.506. The van der Waals surface area contributed by atoms with Gasteiger partial charge in [-0.1, -0.05) is 5.16 Å². The highest BCUT2D eigenvalue weighted by Crippen LogP contribution is 2.08. The van der Waals surface area contributed by atoms with Gasteiger partial charge in [-0.15, -0.1) is 0 Å². The summed E-state index contributed by atoms with van der Waals surface area (Å²) in [5.74, 6) is 0.000556. The number of primary amides is 1. The molecule has 0 aliphatic heterocycles. The van der Waals surface area contributed by atoms with Crippen LogP contribution in [0.2, 0.25) is 0 Å². The molecule has 5 nitrogen and oxygen atoms in total. The summed E-state index contributed by atoms with van der Waals surface area (Å²) in [5.41, 5.74) is 5.43. The lowest BCUT2D eigenvalue weighted by Gasteiger charge is -2.05. The van der Waals surface area contributed by atoms with Gasteiger partial charge >= 0.3 is 0 Å². The minimum Gasteiger partial charge on any atom is -0.365 e. The van der Waals surface area contributed by atoms with E-state index in [1.165, 1.54) is 6.20 Å². The smallest absolute Gasteiger partial charge is 0.253 e. The second kappa shape index (κ2) is 3.36. The zero-order valence-corrected chi connectivity index (χ0v) is 7.07. The van der Waals surface area contributed by atoms with Crippen molar-refractivity contribution in [2.45, 2.75) is 6.54 Å². The molecule has 0 atom stereocenters. The number of rotatable bonds is 3.